The molecule has 15 heavy (non-hydrogen) atoms. The van der Waals surface area contributed by atoms with Crippen molar-refractivity contribution in [3.05, 3.63) is 0 Å². The molecule has 0 aliphatic carbocycles. The molecule has 0 heterocycles. The Hall–Kier alpha value is -0.450. The first-order valence-corrected chi connectivity index (χ1v) is 5.32. The third kappa shape index (κ3) is 8.54. The van der Waals surface area contributed by atoms with Gasteiger partial charge in [-0.2, -0.15) is 13.2 Å². The zero-order valence-electron chi connectivity index (χ0n) is 8.53. The zero-order valence-corrected chi connectivity index (χ0v) is 9.29. The fourth-order valence-corrected chi connectivity index (χ4v) is 1.42. The van der Waals surface area contributed by atoms with E-state index >= 15 is 0 Å². The summed E-state index contributed by atoms with van der Waals surface area (Å²) in [6.07, 6.45) is -4.36. The third-order valence-corrected chi connectivity index (χ3v) is 2.26. The summed E-state index contributed by atoms with van der Waals surface area (Å²) in [5, 5.41) is 2.26. The summed E-state index contributed by atoms with van der Waals surface area (Å²) in [6, 6.07) is 0. The normalized spacial score (nSPS) is 13.7. The Morgan fingerprint density at radius 3 is 2.47 bits per heavy atom. The molecule has 0 spiro atoms. The molecule has 0 bridgehead atoms. The molecule has 0 aromatic heterocycles. The van der Waals surface area contributed by atoms with Crippen LogP contribution in [-0.4, -0.2) is 24.5 Å². The summed E-state index contributed by atoms with van der Waals surface area (Å²) in [5.74, 6) is -0.372. The van der Waals surface area contributed by atoms with Crippen molar-refractivity contribution in [2.75, 3.05) is 12.4 Å². The van der Waals surface area contributed by atoms with Crippen LogP contribution >= 0.6 is 11.6 Å². The predicted octanol–water partition coefficient (Wildman–Crippen LogP) is 2.71. The van der Waals surface area contributed by atoms with E-state index in [1.54, 1.807) is 0 Å². The fraction of sp³-hybridized carbons (Fsp3) is 0.889. The topological polar surface area (TPSA) is 29.1 Å². The maximum atomic E-state index is 11.8. The van der Waals surface area contributed by atoms with Gasteiger partial charge in [-0.15, -0.1) is 11.6 Å². The van der Waals surface area contributed by atoms with E-state index in [-0.39, 0.29) is 12.5 Å². The summed E-state index contributed by atoms with van der Waals surface area (Å²) in [4.78, 5) is 10.8. The number of carbonyl (C=O) groups excluding carboxylic acids is 1. The number of alkyl halides is 4. The molecule has 90 valence electrons. The lowest BCUT2D eigenvalue weighted by Crippen LogP contribution is -2.32. The van der Waals surface area contributed by atoms with Gasteiger partial charge in [0.2, 0.25) is 5.91 Å². The quantitative estimate of drug-likeness (QED) is 0.717. The number of halogens is 4. The van der Waals surface area contributed by atoms with E-state index in [1.165, 1.54) is 0 Å². The van der Waals surface area contributed by atoms with E-state index < -0.39 is 18.5 Å². The molecule has 0 saturated carbocycles. The molecule has 0 aliphatic heterocycles. The summed E-state index contributed by atoms with van der Waals surface area (Å²) in [7, 11) is 0. The lowest BCUT2D eigenvalue weighted by molar-refractivity contribution is -0.153. The Kier molecular flexibility index (Phi) is 6.72. The molecule has 1 unspecified atom stereocenters. The highest BCUT2D eigenvalue weighted by Crippen LogP contribution is 2.19. The molecule has 1 amide bonds. The number of amides is 1. The highest BCUT2D eigenvalue weighted by Gasteiger charge is 2.31. The van der Waals surface area contributed by atoms with Gasteiger partial charge in [-0.25, -0.2) is 0 Å². The molecule has 6 heteroatoms. The molecule has 0 fully saturated rings. The van der Waals surface area contributed by atoms with E-state index in [1.807, 2.05) is 6.92 Å². The minimum Gasteiger partial charge on any atom is -0.356 e. The van der Waals surface area contributed by atoms with Crippen LogP contribution in [0.25, 0.3) is 0 Å². The number of nitrogens with one attached hydrogen (secondary N) is 1. The average Bonchev–Trinajstić information content (AvgIpc) is 2.09. The first kappa shape index (κ1) is 14.6. The van der Waals surface area contributed by atoms with Crippen LogP contribution in [0.5, 0.6) is 0 Å². The molecule has 0 rings (SSSR count). The summed E-state index contributed by atoms with van der Waals surface area (Å²) in [6.45, 7) is 2.17. The third-order valence-electron chi connectivity index (χ3n) is 2.04. The molecular formula is C9H15ClF3NO. The highest BCUT2D eigenvalue weighted by molar-refractivity contribution is 6.17. The molecule has 1 N–H and O–H groups in total. The SMILES string of the molecule is CCC(CCCl)CNC(=O)CC(F)(F)F. The largest absolute Gasteiger partial charge is 0.397 e. The molecule has 0 aliphatic rings. The number of carbonyl (C=O) groups is 1. The Morgan fingerprint density at radius 2 is 2.07 bits per heavy atom. The number of hydrogen-bond acceptors (Lipinski definition) is 1. The molecular weight excluding hydrogens is 231 g/mol. The minimum absolute atomic E-state index is 0.152. The Labute approximate surface area is 92.2 Å². The van der Waals surface area contributed by atoms with Gasteiger partial charge in [0.25, 0.3) is 0 Å². The first-order chi connectivity index (χ1) is 6.89. The van der Waals surface area contributed by atoms with Crippen LogP contribution < -0.4 is 5.32 Å². The van der Waals surface area contributed by atoms with Crippen molar-refractivity contribution in [1.29, 1.82) is 0 Å². The van der Waals surface area contributed by atoms with Crippen LogP contribution in [0.2, 0.25) is 0 Å². The Bertz CT molecular complexity index is 196. The van der Waals surface area contributed by atoms with Crippen LogP contribution in [0.4, 0.5) is 13.2 Å². The molecule has 0 saturated heterocycles. The lowest BCUT2D eigenvalue weighted by Gasteiger charge is -2.14. The van der Waals surface area contributed by atoms with Gasteiger partial charge >= 0.3 is 6.18 Å². The van der Waals surface area contributed by atoms with E-state index in [9.17, 15) is 18.0 Å². The van der Waals surface area contributed by atoms with Gasteiger partial charge in [-0.05, 0) is 12.3 Å². The van der Waals surface area contributed by atoms with Crippen molar-refractivity contribution in [1.82, 2.24) is 5.32 Å². The van der Waals surface area contributed by atoms with Gasteiger partial charge in [-0.3, -0.25) is 4.79 Å². The smallest absolute Gasteiger partial charge is 0.356 e. The monoisotopic (exact) mass is 245 g/mol. The van der Waals surface area contributed by atoms with Gasteiger partial charge < -0.3 is 5.32 Å². The highest BCUT2D eigenvalue weighted by atomic mass is 35.5. The standard InChI is InChI=1S/C9H15ClF3NO/c1-2-7(3-4-10)6-14-8(15)5-9(11,12)13/h7H,2-6H2,1H3,(H,14,15). The molecule has 0 aromatic carbocycles. The molecule has 0 radical (unpaired) electrons. The van der Waals surface area contributed by atoms with Crippen LogP contribution in [0.3, 0.4) is 0 Å². The number of hydrogen-bond donors (Lipinski definition) is 1. The molecule has 1 atom stereocenters. The van der Waals surface area contributed by atoms with E-state index in [2.05, 4.69) is 5.32 Å². The maximum absolute atomic E-state index is 11.8. The van der Waals surface area contributed by atoms with Gasteiger partial charge in [0, 0.05) is 12.4 Å². The van der Waals surface area contributed by atoms with Crippen molar-refractivity contribution in [3.8, 4) is 0 Å². The van der Waals surface area contributed by atoms with Crippen molar-refractivity contribution in [2.24, 2.45) is 5.92 Å². The van der Waals surface area contributed by atoms with Crippen molar-refractivity contribution < 1.29 is 18.0 Å². The average molecular weight is 246 g/mol. The summed E-state index contributed by atoms with van der Waals surface area (Å²) in [5.41, 5.74) is 0. The Morgan fingerprint density at radius 1 is 1.47 bits per heavy atom. The second-order valence-corrected chi connectivity index (χ2v) is 3.73. The summed E-state index contributed by atoms with van der Waals surface area (Å²) < 4.78 is 35.3. The second kappa shape index (κ2) is 6.93. The lowest BCUT2D eigenvalue weighted by atomic mass is 10.0. The number of rotatable bonds is 6. The fourth-order valence-electron chi connectivity index (χ4n) is 1.11. The predicted molar refractivity (Wildman–Crippen MR) is 52.8 cm³/mol. The molecule has 0 aromatic rings. The zero-order chi connectivity index (χ0) is 11.9. The maximum Gasteiger partial charge on any atom is 0.397 e. The van der Waals surface area contributed by atoms with Crippen LogP contribution in [0, 0.1) is 5.92 Å². The van der Waals surface area contributed by atoms with Crippen molar-refractivity contribution in [2.45, 2.75) is 32.4 Å². The summed E-state index contributed by atoms with van der Waals surface area (Å²) >= 11 is 5.50. The van der Waals surface area contributed by atoms with E-state index in [4.69, 9.17) is 11.6 Å². The van der Waals surface area contributed by atoms with Gasteiger partial charge in [0.05, 0.1) is 0 Å². The molecule has 2 nitrogen and oxygen atoms in total. The van der Waals surface area contributed by atoms with Crippen molar-refractivity contribution >= 4 is 17.5 Å². The van der Waals surface area contributed by atoms with Gasteiger partial charge in [0.15, 0.2) is 0 Å². The van der Waals surface area contributed by atoms with Crippen molar-refractivity contribution in [3.63, 3.8) is 0 Å². The second-order valence-electron chi connectivity index (χ2n) is 3.35. The van der Waals surface area contributed by atoms with Crippen LogP contribution in [-0.2, 0) is 4.79 Å². The van der Waals surface area contributed by atoms with E-state index in [0.29, 0.717) is 12.3 Å². The Balaban J connectivity index is 3.78. The van der Waals surface area contributed by atoms with Gasteiger partial charge in [0.1, 0.15) is 6.42 Å². The minimum atomic E-state index is -4.43. The van der Waals surface area contributed by atoms with Crippen LogP contribution in [0.15, 0.2) is 0 Å². The first-order valence-electron chi connectivity index (χ1n) is 4.78. The van der Waals surface area contributed by atoms with E-state index in [0.717, 1.165) is 6.42 Å². The van der Waals surface area contributed by atoms with Gasteiger partial charge in [-0.1, -0.05) is 13.3 Å². The van der Waals surface area contributed by atoms with Crippen LogP contribution in [0.1, 0.15) is 26.2 Å².